The van der Waals surface area contributed by atoms with Crippen molar-refractivity contribution in [3.05, 3.63) is 58.4 Å². The Morgan fingerprint density at radius 3 is 2.48 bits per heavy atom. The van der Waals surface area contributed by atoms with Gasteiger partial charge >= 0.3 is 5.97 Å². The van der Waals surface area contributed by atoms with Gasteiger partial charge in [-0.3, -0.25) is 19.7 Å². The Hall–Kier alpha value is -3.69. The van der Waals surface area contributed by atoms with E-state index in [-0.39, 0.29) is 24.4 Å². The lowest BCUT2D eigenvalue weighted by atomic mass is 10.2. The fourth-order valence-electron chi connectivity index (χ4n) is 2.21. The second-order valence-electron chi connectivity index (χ2n) is 5.76. The topological polar surface area (TPSA) is 117 Å². The number of benzene rings is 2. The molecule has 10 heteroatoms. The van der Waals surface area contributed by atoms with Crippen molar-refractivity contribution in [2.45, 2.75) is 12.8 Å². The number of anilines is 1. The molecule has 154 valence electrons. The summed E-state index contributed by atoms with van der Waals surface area (Å²) in [6, 6.07) is 9.66. The zero-order chi connectivity index (χ0) is 21.2. The highest BCUT2D eigenvalue weighted by molar-refractivity contribution is 5.93. The maximum atomic E-state index is 13.6. The van der Waals surface area contributed by atoms with E-state index in [0.717, 1.165) is 18.2 Å². The standard InChI is InChI=1S/C19H19FN2O7/c1-27-14-5-7-15(8-6-14)28-10-2-3-19(24)29-12-18(23)21-17-11-13(22(25)26)4-9-16(17)20/h4-9,11H,2-3,10,12H2,1H3,(H,21,23). The molecule has 2 aromatic carbocycles. The van der Waals surface area contributed by atoms with Crippen LogP contribution in [-0.4, -0.2) is 37.1 Å². The van der Waals surface area contributed by atoms with E-state index < -0.39 is 29.2 Å². The molecule has 1 N–H and O–H groups in total. The Morgan fingerprint density at radius 1 is 1.14 bits per heavy atom. The summed E-state index contributed by atoms with van der Waals surface area (Å²) in [5.74, 6) is -0.960. The molecule has 0 saturated heterocycles. The summed E-state index contributed by atoms with van der Waals surface area (Å²) in [4.78, 5) is 33.4. The number of ether oxygens (including phenoxy) is 3. The molecule has 0 fully saturated rings. The Morgan fingerprint density at radius 2 is 1.83 bits per heavy atom. The Labute approximate surface area is 165 Å². The number of halogens is 1. The zero-order valence-corrected chi connectivity index (χ0v) is 15.6. The van der Waals surface area contributed by atoms with Gasteiger partial charge in [-0.25, -0.2) is 4.39 Å². The van der Waals surface area contributed by atoms with Crippen LogP contribution in [0.5, 0.6) is 11.5 Å². The monoisotopic (exact) mass is 406 g/mol. The van der Waals surface area contributed by atoms with Crippen LogP contribution in [0.2, 0.25) is 0 Å². The van der Waals surface area contributed by atoms with E-state index in [4.69, 9.17) is 14.2 Å². The minimum absolute atomic E-state index is 0.0224. The van der Waals surface area contributed by atoms with E-state index in [1.54, 1.807) is 31.4 Å². The van der Waals surface area contributed by atoms with Crippen molar-refractivity contribution in [1.82, 2.24) is 0 Å². The first-order valence-electron chi connectivity index (χ1n) is 8.55. The average Bonchev–Trinajstić information content (AvgIpc) is 2.71. The summed E-state index contributed by atoms with van der Waals surface area (Å²) in [6.45, 7) is -0.368. The summed E-state index contributed by atoms with van der Waals surface area (Å²) in [6.07, 6.45) is 0.389. The summed E-state index contributed by atoms with van der Waals surface area (Å²) < 4.78 is 28.9. The molecule has 0 unspecified atom stereocenters. The van der Waals surface area contributed by atoms with E-state index in [1.807, 2.05) is 0 Å². The molecule has 0 bridgehead atoms. The fraction of sp³-hybridized carbons (Fsp3) is 0.263. The minimum Gasteiger partial charge on any atom is -0.497 e. The van der Waals surface area contributed by atoms with E-state index in [0.29, 0.717) is 17.9 Å². The minimum atomic E-state index is -0.842. The molecule has 0 aliphatic carbocycles. The van der Waals surface area contributed by atoms with E-state index in [9.17, 15) is 24.1 Å². The molecule has 0 aliphatic heterocycles. The van der Waals surface area contributed by atoms with Crippen LogP contribution in [0.15, 0.2) is 42.5 Å². The van der Waals surface area contributed by atoms with Crippen LogP contribution in [0, 0.1) is 15.9 Å². The number of carbonyl (C=O) groups is 2. The number of esters is 1. The number of hydrogen-bond acceptors (Lipinski definition) is 7. The van der Waals surface area contributed by atoms with Crippen LogP contribution in [-0.2, 0) is 14.3 Å². The van der Waals surface area contributed by atoms with E-state index in [2.05, 4.69) is 5.32 Å². The molecule has 1 amide bonds. The number of nitrogens with one attached hydrogen (secondary N) is 1. The molecular formula is C19H19FN2O7. The first-order chi connectivity index (χ1) is 13.9. The van der Waals surface area contributed by atoms with Crippen LogP contribution in [0.4, 0.5) is 15.8 Å². The SMILES string of the molecule is COc1ccc(OCCCC(=O)OCC(=O)Nc2cc([N+](=O)[O-])ccc2F)cc1. The number of nitro benzene ring substituents is 1. The lowest BCUT2D eigenvalue weighted by molar-refractivity contribution is -0.384. The third-order valence-corrected chi connectivity index (χ3v) is 3.65. The van der Waals surface area contributed by atoms with Gasteiger partial charge in [0.2, 0.25) is 0 Å². The zero-order valence-electron chi connectivity index (χ0n) is 15.6. The summed E-state index contributed by atoms with van der Waals surface area (Å²) in [7, 11) is 1.56. The molecule has 2 rings (SSSR count). The van der Waals surface area contributed by atoms with Crippen LogP contribution < -0.4 is 14.8 Å². The second-order valence-corrected chi connectivity index (χ2v) is 5.76. The first-order valence-corrected chi connectivity index (χ1v) is 8.55. The van der Waals surface area contributed by atoms with Crippen molar-refractivity contribution in [3.63, 3.8) is 0 Å². The van der Waals surface area contributed by atoms with E-state index >= 15 is 0 Å². The molecule has 0 atom stereocenters. The summed E-state index contributed by atoms with van der Waals surface area (Å²) >= 11 is 0. The van der Waals surface area contributed by atoms with Crippen LogP contribution in [0.25, 0.3) is 0 Å². The third-order valence-electron chi connectivity index (χ3n) is 3.65. The largest absolute Gasteiger partial charge is 0.497 e. The molecule has 0 heterocycles. The number of hydrogen-bond donors (Lipinski definition) is 1. The van der Waals surface area contributed by atoms with Crippen LogP contribution >= 0.6 is 0 Å². The number of amides is 1. The molecule has 29 heavy (non-hydrogen) atoms. The predicted octanol–water partition coefficient (Wildman–Crippen LogP) is 3.08. The number of carbonyl (C=O) groups excluding carboxylic acids is 2. The van der Waals surface area contributed by atoms with Crippen molar-refractivity contribution in [1.29, 1.82) is 0 Å². The average molecular weight is 406 g/mol. The first kappa shape index (κ1) is 21.6. The van der Waals surface area contributed by atoms with Crippen molar-refractivity contribution >= 4 is 23.3 Å². The predicted molar refractivity (Wildman–Crippen MR) is 100 cm³/mol. The van der Waals surface area contributed by atoms with Gasteiger partial charge in [-0.2, -0.15) is 0 Å². The molecular weight excluding hydrogens is 387 g/mol. The Kier molecular flexibility index (Phi) is 7.89. The highest BCUT2D eigenvalue weighted by Crippen LogP contribution is 2.21. The van der Waals surface area contributed by atoms with Gasteiger partial charge in [0.25, 0.3) is 11.6 Å². The summed E-state index contributed by atoms with van der Waals surface area (Å²) in [5, 5.41) is 12.8. The maximum absolute atomic E-state index is 13.6. The van der Waals surface area contributed by atoms with Crippen molar-refractivity contribution in [2.75, 3.05) is 25.6 Å². The molecule has 0 aliphatic rings. The van der Waals surface area contributed by atoms with Crippen LogP contribution in [0.1, 0.15) is 12.8 Å². The molecule has 0 saturated carbocycles. The molecule has 0 spiro atoms. The number of rotatable bonds is 10. The summed E-state index contributed by atoms with van der Waals surface area (Å²) in [5.41, 5.74) is -0.747. The van der Waals surface area contributed by atoms with Gasteiger partial charge < -0.3 is 19.5 Å². The fourth-order valence-corrected chi connectivity index (χ4v) is 2.21. The molecule has 2 aromatic rings. The van der Waals surface area contributed by atoms with Crippen molar-refractivity contribution < 1.29 is 33.1 Å². The number of nitro groups is 1. The quantitative estimate of drug-likeness (QED) is 0.279. The molecule has 0 radical (unpaired) electrons. The smallest absolute Gasteiger partial charge is 0.306 e. The van der Waals surface area contributed by atoms with Gasteiger partial charge in [-0.05, 0) is 36.8 Å². The Bertz CT molecular complexity index is 871. The molecule has 0 aromatic heterocycles. The normalized spacial score (nSPS) is 10.1. The van der Waals surface area contributed by atoms with Gasteiger partial charge in [0.1, 0.15) is 17.3 Å². The van der Waals surface area contributed by atoms with Crippen molar-refractivity contribution in [2.24, 2.45) is 0 Å². The van der Waals surface area contributed by atoms with Crippen molar-refractivity contribution in [3.8, 4) is 11.5 Å². The van der Waals surface area contributed by atoms with Crippen LogP contribution in [0.3, 0.4) is 0 Å². The maximum Gasteiger partial charge on any atom is 0.306 e. The van der Waals surface area contributed by atoms with E-state index in [1.165, 1.54) is 0 Å². The number of methoxy groups -OCH3 is 1. The highest BCUT2D eigenvalue weighted by Gasteiger charge is 2.14. The lowest BCUT2D eigenvalue weighted by Crippen LogP contribution is -2.21. The number of non-ortho nitro benzene ring substituents is 1. The highest BCUT2D eigenvalue weighted by atomic mass is 19.1. The Balaban J connectivity index is 1.68. The van der Waals surface area contributed by atoms with Gasteiger partial charge in [-0.15, -0.1) is 0 Å². The molecule has 9 nitrogen and oxygen atoms in total. The van der Waals surface area contributed by atoms with Gasteiger partial charge in [0, 0.05) is 18.6 Å². The van der Waals surface area contributed by atoms with Gasteiger partial charge in [-0.1, -0.05) is 0 Å². The second kappa shape index (κ2) is 10.6. The van der Waals surface area contributed by atoms with Gasteiger partial charge in [0.05, 0.1) is 24.3 Å². The number of nitrogens with zero attached hydrogens (tertiary/aromatic N) is 1. The lowest BCUT2D eigenvalue weighted by Gasteiger charge is -2.08. The van der Waals surface area contributed by atoms with Gasteiger partial charge in [0.15, 0.2) is 6.61 Å². The third kappa shape index (κ3) is 7.09.